The first kappa shape index (κ1) is 13.4. The van der Waals surface area contributed by atoms with E-state index in [1.54, 1.807) is 0 Å². The summed E-state index contributed by atoms with van der Waals surface area (Å²) in [4.78, 5) is 0. The fourth-order valence-electron chi connectivity index (χ4n) is 1.28. The number of allylic oxidation sites excluding steroid dienone is 4. The third-order valence-corrected chi connectivity index (χ3v) is 2.14. The van der Waals surface area contributed by atoms with Crippen LogP contribution in [0.2, 0.25) is 0 Å². The molecule has 0 aliphatic heterocycles. The standard InChI is InChI=1S/C15H17BO/c1-3-4-5-6-8-13(2)17-12-14-9-7-10-15(16)11-14/h4-11H,2-3,12H2,1H3/b5-4-,8-6-. The second-order valence-corrected chi connectivity index (χ2v) is 3.70. The first-order valence-electron chi connectivity index (χ1n) is 5.71. The van der Waals surface area contributed by atoms with Crippen LogP contribution in [0.4, 0.5) is 0 Å². The highest BCUT2D eigenvalue weighted by molar-refractivity contribution is 6.32. The van der Waals surface area contributed by atoms with E-state index in [9.17, 15) is 0 Å². The number of hydrogen-bond donors (Lipinski definition) is 0. The van der Waals surface area contributed by atoms with E-state index in [2.05, 4.69) is 19.6 Å². The Morgan fingerprint density at radius 2 is 2.24 bits per heavy atom. The zero-order valence-electron chi connectivity index (χ0n) is 10.2. The van der Waals surface area contributed by atoms with E-state index < -0.39 is 0 Å². The summed E-state index contributed by atoms with van der Waals surface area (Å²) in [6.45, 7) is 6.40. The maximum atomic E-state index is 5.68. The van der Waals surface area contributed by atoms with Gasteiger partial charge in [-0.2, -0.15) is 0 Å². The summed E-state index contributed by atoms with van der Waals surface area (Å²) < 4.78 is 5.49. The van der Waals surface area contributed by atoms with Crippen molar-refractivity contribution in [3.05, 3.63) is 66.5 Å². The molecule has 0 heterocycles. The minimum absolute atomic E-state index is 0.492. The molecule has 1 aromatic rings. The topological polar surface area (TPSA) is 9.23 Å². The van der Waals surface area contributed by atoms with Gasteiger partial charge in [-0.25, -0.2) is 0 Å². The van der Waals surface area contributed by atoms with E-state index in [1.165, 1.54) is 0 Å². The Kier molecular flexibility index (Phi) is 5.94. The van der Waals surface area contributed by atoms with Gasteiger partial charge in [0.25, 0.3) is 0 Å². The molecule has 0 aromatic heterocycles. The predicted molar refractivity (Wildman–Crippen MR) is 74.3 cm³/mol. The Hall–Kier alpha value is -1.70. The lowest BCUT2D eigenvalue weighted by atomic mass is 9.95. The van der Waals surface area contributed by atoms with Crippen LogP contribution < -0.4 is 5.46 Å². The van der Waals surface area contributed by atoms with Gasteiger partial charge >= 0.3 is 0 Å². The summed E-state index contributed by atoms with van der Waals surface area (Å²) in [5, 5.41) is 0. The first-order chi connectivity index (χ1) is 8.22. The second kappa shape index (κ2) is 7.56. The van der Waals surface area contributed by atoms with Gasteiger partial charge in [0.2, 0.25) is 0 Å². The number of rotatable bonds is 6. The fourth-order valence-corrected chi connectivity index (χ4v) is 1.28. The van der Waals surface area contributed by atoms with Crippen LogP contribution in [0.5, 0.6) is 0 Å². The lowest BCUT2D eigenvalue weighted by Crippen LogP contribution is -2.03. The molecule has 0 saturated carbocycles. The van der Waals surface area contributed by atoms with Crippen LogP contribution in [0.3, 0.4) is 0 Å². The second-order valence-electron chi connectivity index (χ2n) is 3.70. The van der Waals surface area contributed by atoms with Gasteiger partial charge in [0.15, 0.2) is 0 Å². The summed E-state index contributed by atoms with van der Waals surface area (Å²) in [6.07, 6.45) is 8.85. The molecule has 1 rings (SSSR count). The van der Waals surface area contributed by atoms with Crippen LogP contribution in [0, 0.1) is 0 Å². The summed E-state index contributed by atoms with van der Waals surface area (Å²) in [7, 11) is 5.68. The molecule has 0 bridgehead atoms. The average Bonchev–Trinajstić information content (AvgIpc) is 2.32. The van der Waals surface area contributed by atoms with Gasteiger partial charge in [0.1, 0.15) is 20.2 Å². The summed E-state index contributed by atoms with van der Waals surface area (Å²) in [5.41, 5.74) is 1.79. The molecule has 0 unspecified atom stereocenters. The fraction of sp³-hybridized carbons (Fsp3) is 0.200. The highest BCUT2D eigenvalue weighted by Crippen LogP contribution is 2.04. The molecule has 2 heteroatoms. The van der Waals surface area contributed by atoms with Crippen molar-refractivity contribution in [2.24, 2.45) is 0 Å². The largest absolute Gasteiger partial charge is 0.490 e. The van der Waals surface area contributed by atoms with Crippen LogP contribution in [0.25, 0.3) is 0 Å². The summed E-state index contributed by atoms with van der Waals surface area (Å²) >= 11 is 0. The van der Waals surface area contributed by atoms with Crippen LogP contribution >= 0.6 is 0 Å². The van der Waals surface area contributed by atoms with Crippen molar-refractivity contribution in [2.45, 2.75) is 20.0 Å². The molecule has 0 fully saturated rings. The third-order valence-electron chi connectivity index (χ3n) is 2.14. The van der Waals surface area contributed by atoms with Crippen molar-refractivity contribution in [3.63, 3.8) is 0 Å². The number of benzene rings is 1. The summed E-state index contributed by atoms with van der Waals surface area (Å²) in [5.74, 6) is 0.646. The van der Waals surface area contributed by atoms with Crippen molar-refractivity contribution >= 4 is 13.3 Å². The van der Waals surface area contributed by atoms with Gasteiger partial charge < -0.3 is 4.74 Å². The van der Waals surface area contributed by atoms with Crippen molar-refractivity contribution in [2.75, 3.05) is 0 Å². The van der Waals surface area contributed by atoms with Crippen LogP contribution in [-0.4, -0.2) is 7.85 Å². The van der Waals surface area contributed by atoms with Crippen molar-refractivity contribution < 1.29 is 4.74 Å². The van der Waals surface area contributed by atoms with E-state index >= 15 is 0 Å². The van der Waals surface area contributed by atoms with Gasteiger partial charge in [-0.3, -0.25) is 0 Å². The molecule has 17 heavy (non-hydrogen) atoms. The SMILES string of the molecule is [B]c1cccc(COC(=C)/C=C\C=C/CC)c1. The minimum Gasteiger partial charge on any atom is -0.490 e. The molecule has 0 amide bonds. The number of hydrogen-bond acceptors (Lipinski definition) is 1. The molecular weight excluding hydrogens is 207 g/mol. The van der Waals surface area contributed by atoms with E-state index in [0.717, 1.165) is 17.4 Å². The van der Waals surface area contributed by atoms with E-state index in [-0.39, 0.29) is 0 Å². The zero-order chi connectivity index (χ0) is 12.5. The van der Waals surface area contributed by atoms with Crippen molar-refractivity contribution in [1.29, 1.82) is 0 Å². The first-order valence-corrected chi connectivity index (χ1v) is 5.71. The molecular formula is C15H17BO. The quantitative estimate of drug-likeness (QED) is 0.410. The van der Waals surface area contributed by atoms with Crippen LogP contribution in [0.1, 0.15) is 18.9 Å². The summed E-state index contributed by atoms with van der Waals surface area (Å²) in [6, 6.07) is 7.64. The molecule has 0 saturated heterocycles. The highest BCUT2D eigenvalue weighted by atomic mass is 16.5. The lowest BCUT2D eigenvalue weighted by molar-refractivity contribution is 0.212. The molecule has 0 aliphatic rings. The Labute approximate surface area is 105 Å². The van der Waals surface area contributed by atoms with E-state index in [1.807, 2.05) is 42.5 Å². The smallest absolute Gasteiger partial charge is 0.113 e. The van der Waals surface area contributed by atoms with Gasteiger partial charge in [-0.1, -0.05) is 61.5 Å². The molecule has 1 nitrogen and oxygen atoms in total. The Morgan fingerprint density at radius 3 is 2.94 bits per heavy atom. The molecule has 1 aromatic carbocycles. The molecule has 0 N–H and O–H groups in total. The highest BCUT2D eigenvalue weighted by Gasteiger charge is 1.94. The molecule has 0 spiro atoms. The maximum Gasteiger partial charge on any atom is 0.113 e. The molecule has 86 valence electrons. The molecule has 0 aliphatic carbocycles. The normalized spacial score (nSPS) is 11.1. The maximum absolute atomic E-state index is 5.68. The predicted octanol–water partition coefficient (Wildman–Crippen LogP) is 3.03. The number of ether oxygens (including phenoxy) is 1. The monoisotopic (exact) mass is 224 g/mol. The van der Waals surface area contributed by atoms with E-state index in [0.29, 0.717) is 12.4 Å². The van der Waals surface area contributed by atoms with Gasteiger partial charge in [0, 0.05) is 0 Å². The van der Waals surface area contributed by atoms with Crippen molar-refractivity contribution in [3.8, 4) is 0 Å². The van der Waals surface area contributed by atoms with Crippen molar-refractivity contribution in [1.82, 2.24) is 0 Å². The van der Waals surface area contributed by atoms with E-state index in [4.69, 9.17) is 12.6 Å². The van der Waals surface area contributed by atoms with Gasteiger partial charge in [-0.05, 0) is 18.1 Å². The Morgan fingerprint density at radius 1 is 1.41 bits per heavy atom. The lowest BCUT2D eigenvalue weighted by Gasteiger charge is -2.06. The van der Waals surface area contributed by atoms with Gasteiger partial charge in [0.05, 0.1) is 0 Å². The zero-order valence-corrected chi connectivity index (χ0v) is 10.2. The van der Waals surface area contributed by atoms with Crippen LogP contribution in [-0.2, 0) is 11.3 Å². The Balaban J connectivity index is 2.38. The van der Waals surface area contributed by atoms with Gasteiger partial charge in [-0.15, -0.1) is 0 Å². The molecule has 0 atom stereocenters. The minimum atomic E-state index is 0.492. The molecule has 2 radical (unpaired) electrons. The average molecular weight is 224 g/mol. The van der Waals surface area contributed by atoms with Crippen LogP contribution in [0.15, 0.2) is 60.9 Å². The third kappa shape index (κ3) is 5.81. The Bertz CT molecular complexity index is 419.